The van der Waals surface area contributed by atoms with Gasteiger partial charge in [-0.2, -0.15) is 0 Å². The number of hydrazine groups is 1. The molecule has 0 amide bonds. The fraction of sp³-hybridized carbons (Fsp3) is 0.200. The molecule has 1 saturated heterocycles. The SMILES string of the molecule is COc1ccc(C=CC2(c3ccc(OC)cc3)CCN(c3ccccc3)N2)cc1. The smallest absolute Gasteiger partial charge is 0.118 e. The van der Waals surface area contributed by atoms with Gasteiger partial charge in [-0.3, -0.25) is 0 Å². The van der Waals surface area contributed by atoms with Crippen LogP contribution in [0.25, 0.3) is 6.08 Å². The topological polar surface area (TPSA) is 33.7 Å². The van der Waals surface area contributed by atoms with E-state index in [9.17, 15) is 0 Å². The van der Waals surface area contributed by atoms with Crippen LogP contribution in [0.2, 0.25) is 0 Å². The van der Waals surface area contributed by atoms with Gasteiger partial charge in [0.05, 0.1) is 25.4 Å². The summed E-state index contributed by atoms with van der Waals surface area (Å²) >= 11 is 0. The normalized spacial score (nSPS) is 18.9. The molecule has 4 rings (SSSR count). The van der Waals surface area contributed by atoms with E-state index >= 15 is 0 Å². The summed E-state index contributed by atoms with van der Waals surface area (Å²) in [6.45, 7) is 0.920. The maximum atomic E-state index is 5.35. The van der Waals surface area contributed by atoms with Crippen LogP contribution in [0.5, 0.6) is 11.5 Å². The Kier molecular flexibility index (Phi) is 5.54. The number of anilines is 1. The van der Waals surface area contributed by atoms with E-state index < -0.39 is 0 Å². The van der Waals surface area contributed by atoms with Crippen LogP contribution in [-0.2, 0) is 5.54 Å². The predicted octanol–water partition coefficient (Wildman–Crippen LogP) is 5.03. The third kappa shape index (κ3) is 4.13. The summed E-state index contributed by atoms with van der Waals surface area (Å²) in [6.07, 6.45) is 5.39. The second-order valence-electron chi connectivity index (χ2n) is 7.16. The van der Waals surface area contributed by atoms with Gasteiger partial charge < -0.3 is 14.5 Å². The zero-order valence-electron chi connectivity index (χ0n) is 16.8. The van der Waals surface area contributed by atoms with E-state index in [2.05, 4.69) is 71.1 Å². The maximum Gasteiger partial charge on any atom is 0.118 e. The summed E-state index contributed by atoms with van der Waals surface area (Å²) < 4.78 is 10.6. The Morgan fingerprint density at radius 2 is 1.45 bits per heavy atom. The first kappa shape index (κ1) is 19.1. The molecular weight excluding hydrogens is 360 g/mol. The van der Waals surface area contributed by atoms with E-state index in [1.807, 2.05) is 30.3 Å². The lowest BCUT2D eigenvalue weighted by Gasteiger charge is -2.29. The summed E-state index contributed by atoms with van der Waals surface area (Å²) in [4.78, 5) is 0. The fourth-order valence-electron chi connectivity index (χ4n) is 3.71. The van der Waals surface area contributed by atoms with Gasteiger partial charge in [0.15, 0.2) is 0 Å². The number of nitrogens with zero attached hydrogens (tertiary/aromatic N) is 1. The van der Waals surface area contributed by atoms with Crippen molar-refractivity contribution in [2.75, 3.05) is 25.8 Å². The molecule has 3 aromatic carbocycles. The molecule has 0 aliphatic carbocycles. The molecule has 1 heterocycles. The molecule has 4 nitrogen and oxygen atoms in total. The third-order valence-corrected chi connectivity index (χ3v) is 5.41. The number of rotatable bonds is 6. The summed E-state index contributed by atoms with van der Waals surface area (Å²) in [5, 5.41) is 2.22. The molecule has 0 saturated carbocycles. The average molecular weight is 386 g/mol. The lowest BCUT2D eigenvalue weighted by atomic mass is 9.87. The molecule has 0 bridgehead atoms. The van der Waals surface area contributed by atoms with Crippen molar-refractivity contribution in [2.45, 2.75) is 12.0 Å². The van der Waals surface area contributed by atoms with Crippen LogP contribution in [0.3, 0.4) is 0 Å². The number of ether oxygens (including phenoxy) is 2. The van der Waals surface area contributed by atoms with Crippen molar-refractivity contribution in [2.24, 2.45) is 0 Å². The minimum Gasteiger partial charge on any atom is -0.497 e. The molecular formula is C25H26N2O2. The minimum atomic E-state index is -0.290. The average Bonchev–Trinajstić information content (AvgIpc) is 3.24. The molecule has 1 N–H and O–H groups in total. The Morgan fingerprint density at radius 3 is 2.07 bits per heavy atom. The Morgan fingerprint density at radius 1 is 0.828 bits per heavy atom. The summed E-state index contributed by atoms with van der Waals surface area (Å²) in [5.74, 6) is 1.72. The van der Waals surface area contributed by atoms with Gasteiger partial charge in [0, 0.05) is 6.54 Å². The van der Waals surface area contributed by atoms with Crippen LogP contribution in [0.4, 0.5) is 5.69 Å². The first-order valence-electron chi connectivity index (χ1n) is 9.81. The lowest BCUT2D eigenvalue weighted by Crippen LogP contribution is -2.42. The monoisotopic (exact) mass is 386 g/mol. The zero-order chi connectivity index (χ0) is 20.1. The second-order valence-corrected chi connectivity index (χ2v) is 7.16. The van der Waals surface area contributed by atoms with Crippen molar-refractivity contribution >= 4 is 11.8 Å². The molecule has 0 aromatic heterocycles. The van der Waals surface area contributed by atoms with E-state index in [0.717, 1.165) is 30.0 Å². The van der Waals surface area contributed by atoms with E-state index in [-0.39, 0.29) is 5.54 Å². The molecule has 148 valence electrons. The van der Waals surface area contributed by atoms with Crippen molar-refractivity contribution in [1.29, 1.82) is 0 Å². The van der Waals surface area contributed by atoms with Gasteiger partial charge in [-0.05, 0) is 53.9 Å². The van der Waals surface area contributed by atoms with Gasteiger partial charge in [0.25, 0.3) is 0 Å². The van der Waals surface area contributed by atoms with Gasteiger partial charge >= 0.3 is 0 Å². The van der Waals surface area contributed by atoms with E-state index in [0.29, 0.717) is 0 Å². The fourth-order valence-corrected chi connectivity index (χ4v) is 3.71. The Hall–Kier alpha value is -3.24. The van der Waals surface area contributed by atoms with Crippen LogP contribution in [0, 0.1) is 0 Å². The zero-order valence-corrected chi connectivity index (χ0v) is 16.8. The molecule has 3 aromatic rings. The van der Waals surface area contributed by atoms with E-state index in [1.165, 1.54) is 11.3 Å². The van der Waals surface area contributed by atoms with Crippen LogP contribution >= 0.6 is 0 Å². The first-order chi connectivity index (χ1) is 14.2. The Labute approximate surface area is 172 Å². The van der Waals surface area contributed by atoms with Crippen molar-refractivity contribution in [3.05, 3.63) is 96.1 Å². The van der Waals surface area contributed by atoms with Crippen LogP contribution in [0.15, 0.2) is 84.9 Å². The van der Waals surface area contributed by atoms with Gasteiger partial charge in [0.2, 0.25) is 0 Å². The molecule has 1 fully saturated rings. The van der Waals surface area contributed by atoms with E-state index in [4.69, 9.17) is 9.47 Å². The molecule has 1 atom stereocenters. The van der Waals surface area contributed by atoms with Crippen molar-refractivity contribution in [1.82, 2.24) is 5.43 Å². The third-order valence-electron chi connectivity index (χ3n) is 5.41. The predicted molar refractivity (Wildman–Crippen MR) is 118 cm³/mol. The van der Waals surface area contributed by atoms with Crippen LogP contribution in [-0.4, -0.2) is 20.8 Å². The largest absolute Gasteiger partial charge is 0.497 e. The maximum absolute atomic E-state index is 5.35. The molecule has 1 aliphatic rings. The molecule has 1 aliphatic heterocycles. The summed E-state index contributed by atoms with van der Waals surface area (Å²) in [7, 11) is 3.38. The lowest BCUT2D eigenvalue weighted by molar-refractivity contribution is 0.413. The highest BCUT2D eigenvalue weighted by molar-refractivity contribution is 5.56. The molecule has 4 heteroatoms. The van der Waals surface area contributed by atoms with Crippen LogP contribution < -0.4 is 19.9 Å². The van der Waals surface area contributed by atoms with Gasteiger partial charge in [-0.25, -0.2) is 5.43 Å². The highest BCUT2D eigenvalue weighted by atomic mass is 16.5. The second kappa shape index (κ2) is 8.41. The number of benzene rings is 3. The number of methoxy groups -OCH3 is 2. The molecule has 0 radical (unpaired) electrons. The van der Waals surface area contributed by atoms with Gasteiger partial charge in [-0.15, -0.1) is 0 Å². The first-order valence-corrected chi connectivity index (χ1v) is 9.81. The Bertz CT molecular complexity index is 952. The summed E-state index contributed by atoms with van der Waals surface area (Å²) in [6, 6.07) is 26.9. The number of hydrogen-bond donors (Lipinski definition) is 1. The van der Waals surface area contributed by atoms with Crippen molar-refractivity contribution < 1.29 is 9.47 Å². The highest BCUT2D eigenvalue weighted by Crippen LogP contribution is 2.35. The Balaban J connectivity index is 1.66. The number of hydrogen-bond acceptors (Lipinski definition) is 4. The van der Waals surface area contributed by atoms with E-state index in [1.54, 1.807) is 14.2 Å². The molecule has 0 spiro atoms. The van der Waals surface area contributed by atoms with Crippen molar-refractivity contribution in [3.63, 3.8) is 0 Å². The standard InChI is InChI=1S/C25H26N2O2/c1-28-23-12-8-20(9-13-23)16-17-25(21-10-14-24(29-2)15-11-21)18-19-27(26-25)22-6-4-3-5-7-22/h3-17,26H,18-19H2,1-2H3. The minimum absolute atomic E-state index is 0.290. The number of para-hydroxylation sites is 1. The van der Waals surface area contributed by atoms with Gasteiger partial charge in [0.1, 0.15) is 11.5 Å². The highest BCUT2D eigenvalue weighted by Gasteiger charge is 2.37. The van der Waals surface area contributed by atoms with Crippen molar-refractivity contribution in [3.8, 4) is 11.5 Å². The molecule has 1 unspecified atom stereocenters. The quantitative estimate of drug-likeness (QED) is 0.644. The summed E-state index contributed by atoms with van der Waals surface area (Å²) in [5.41, 5.74) is 6.97. The van der Waals surface area contributed by atoms with Gasteiger partial charge in [-0.1, -0.05) is 54.6 Å². The number of nitrogens with one attached hydrogen (secondary N) is 1. The molecule has 29 heavy (non-hydrogen) atoms. The van der Waals surface area contributed by atoms with Crippen LogP contribution in [0.1, 0.15) is 17.5 Å².